The third-order valence-corrected chi connectivity index (χ3v) is 4.69. The number of carbonyl (C=O) groups is 1. The van der Waals surface area contributed by atoms with Crippen molar-refractivity contribution in [1.82, 2.24) is 9.80 Å². The SMILES string of the molecule is CC(C)N(Cc1ccccc1)C(=O)CN1CCCCC1CCO. The van der Waals surface area contributed by atoms with Crippen LogP contribution in [0.1, 0.15) is 45.1 Å². The molecule has 4 heteroatoms. The standard InChI is InChI=1S/C19H30N2O2/c1-16(2)21(14-17-8-4-3-5-9-17)19(23)15-20-12-7-6-10-18(20)11-13-22/h3-5,8-9,16,18,22H,6-7,10-15H2,1-2H3. The molecule has 1 atom stereocenters. The minimum atomic E-state index is 0.184. The van der Waals surface area contributed by atoms with E-state index in [0.29, 0.717) is 19.1 Å². The molecule has 1 aliphatic rings. The highest BCUT2D eigenvalue weighted by molar-refractivity contribution is 5.78. The van der Waals surface area contributed by atoms with Crippen LogP contribution in [0.25, 0.3) is 0 Å². The summed E-state index contributed by atoms with van der Waals surface area (Å²) in [5.41, 5.74) is 1.17. The van der Waals surface area contributed by atoms with Gasteiger partial charge in [-0.05, 0) is 45.2 Å². The van der Waals surface area contributed by atoms with Crippen LogP contribution in [0.4, 0.5) is 0 Å². The van der Waals surface area contributed by atoms with E-state index in [1.54, 1.807) is 0 Å². The molecule has 1 N–H and O–H groups in total. The van der Waals surface area contributed by atoms with Crippen LogP contribution in [0, 0.1) is 0 Å². The van der Waals surface area contributed by atoms with Gasteiger partial charge in [-0.15, -0.1) is 0 Å². The van der Waals surface area contributed by atoms with E-state index in [9.17, 15) is 9.90 Å². The molecule has 0 radical (unpaired) electrons. The lowest BCUT2D eigenvalue weighted by Crippen LogP contribution is -2.48. The second-order valence-electron chi connectivity index (χ2n) is 6.73. The van der Waals surface area contributed by atoms with Crippen LogP contribution < -0.4 is 0 Å². The Labute approximate surface area is 140 Å². The molecule has 1 unspecified atom stereocenters. The van der Waals surface area contributed by atoms with Crippen LogP contribution in [0.5, 0.6) is 0 Å². The van der Waals surface area contributed by atoms with Crippen molar-refractivity contribution in [3.8, 4) is 0 Å². The zero-order valence-electron chi connectivity index (χ0n) is 14.4. The molecule has 0 aliphatic carbocycles. The Hall–Kier alpha value is -1.39. The third kappa shape index (κ3) is 5.33. The molecular weight excluding hydrogens is 288 g/mol. The Bertz CT molecular complexity index is 474. The van der Waals surface area contributed by atoms with Gasteiger partial charge in [-0.1, -0.05) is 36.8 Å². The summed E-state index contributed by atoms with van der Waals surface area (Å²) in [6.07, 6.45) is 4.21. The zero-order valence-corrected chi connectivity index (χ0v) is 14.4. The Kier molecular flexibility index (Phi) is 7.06. The van der Waals surface area contributed by atoms with Gasteiger partial charge in [0.05, 0.1) is 6.54 Å². The quantitative estimate of drug-likeness (QED) is 0.840. The van der Waals surface area contributed by atoms with Crippen molar-refractivity contribution in [3.05, 3.63) is 35.9 Å². The van der Waals surface area contributed by atoms with Gasteiger partial charge in [0, 0.05) is 25.2 Å². The van der Waals surface area contributed by atoms with Gasteiger partial charge in [0.1, 0.15) is 0 Å². The summed E-state index contributed by atoms with van der Waals surface area (Å²) < 4.78 is 0. The summed E-state index contributed by atoms with van der Waals surface area (Å²) in [6.45, 7) is 6.44. The second-order valence-corrected chi connectivity index (χ2v) is 6.73. The van der Waals surface area contributed by atoms with Crippen molar-refractivity contribution in [2.75, 3.05) is 19.7 Å². The molecule has 1 aliphatic heterocycles. The topological polar surface area (TPSA) is 43.8 Å². The molecule has 0 spiro atoms. The number of nitrogens with zero attached hydrogens (tertiary/aromatic N) is 2. The highest BCUT2D eigenvalue weighted by Gasteiger charge is 2.26. The number of piperidine rings is 1. The molecule has 2 rings (SSSR count). The molecule has 4 nitrogen and oxygen atoms in total. The number of amides is 1. The average molecular weight is 318 g/mol. The summed E-state index contributed by atoms with van der Waals surface area (Å²) in [5.74, 6) is 0.189. The maximum atomic E-state index is 12.8. The zero-order chi connectivity index (χ0) is 16.7. The van der Waals surface area contributed by atoms with E-state index < -0.39 is 0 Å². The molecule has 1 heterocycles. The highest BCUT2D eigenvalue weighted by atomic mass is 16.3. The molecule has 1 aromatic carbocycles. The van der Waals surface area contributed by atoms with Crippen molar-refractivity contribution < 1.29 is 9.90 Å². The van der Waals surface area contributed by atoms with Crippen LogP contribution >= 0.6 is 0 Å². The molecule has 0 aromatic heterocycles. The lowest BCUT2D eigenvalue weighted by atomic mass is 9.99. The van der Waals surface area contributed by atoms with Gasteiger partial charge in [-0.2, -0.15) is 0 Å². The van der Waals surface area contributed by atoms with E-state index >= 15 is 0 Å². The van der Waals surface area contributed by atoms with Crippen LogP contribution in [-0.4, -0.2) is 52.6 Å². The van der Waals surface area contributed by atoms with Crippen LogP contribution in [0.3, 0.4) is 0 Å². The van der Waals surface area contributed by atoms with Gasteiger partial charge in [0.2, 0.25) is 5.91 Å². The first-order valence-corrected chi connectivity index (χ1v) is 8.80. The monoisotopic (exact) mass is 318 g/mol. The number of aliphatic hydroxyl groups excluding tert-OH is 1. The Morgan fingerprint density at radius 1 is 1.30 bits per heavy atom. The fourth-order valence-electron chi connectivity index (χ4n) is 3.35. The predicted molar refractivity (Wildman–Crippen MR) is 93.0 cm³/mol. The van der Waals surface area contributed by atoms with Crippen molar-refractivity contribution in [3.63, 3.8) is 0 Å². The van der Waals surface area contributed by atoms with Crippen molar-refractivity contribution >= 4 is 5.91 Å². The van der Waals surface area contributed by atoms with Crippen molar-refractivity contribution in [2.24, 2.45) is 0 Å². The van der Waals surface area contributed by atoms with Crippen LogP contribution in [0.2, 0.25) is 0 Å². The maximum absolute atomic E-state index is 12.8. The summed E-state index contributed by atoms with van der Waals surface area (Å²) in [7, 11) is 0. The first-order valence-electron chi connectivity index (χ1n) is 8.80. The first-order chi connectivity index (χ1) is 11.1. The van der Waals surface area contributed by atoms with Crippen LogP contribution in [-0.2, 0) is 11.3 Å². The lowest BCUT2D eigenvalue weighted by molar-refractivity contribution is -0.135. The lowest BCUT2D eigenvalue weighted by Gasteiger charge is -2.37. The van der Waals surface area contributed by atoms with E-state index in [-0.39, 0.29) is 18.6 Å². The normalized spacial score (nSPS) is 19.0. The smallest absolute Gasteiger partial charge is 0.237 e. The summed E-state index contributed by atoms with van der Waals surface area (Å²) in [5, 5.41) is 9.24. The maximum Gasteiger partial charge on any atom is 0.237 e. The molecule has 1 fully saturated rings. The number of hydrogen-bond acceptors (Lipinski definition) is 3. The number of carbonyl (C=O) groups excluding carboxylic acids is 1. The van der Waals surface area contributed by atoms with Gasteiger partial charge in [-0.25, -0.2) is 0 Å². The van der Waals surface area contributed by atoms with E-state index in [0.717, 1.165) is 25.8 Å². The minimum absolute atomic E-state index is 0.184. The molecular formula is C19H30N2O2. The average Bonchev–Trinajstić information content (AvgIpc) is 2.55. The van der Waals surface area contributed by atoms with Crippen molar-refractivity contribution in [2.45, 2.75) is 58.2 Å². The van der Waals surface area contributed by atoms with Gasteiger partial charge in [0.15, 0.2) is 0 Å². The van der Waals surface area contributed by atoms with Gasteiger partial charge in [0.25, 0.3) is 0 Å². The summed E-state index contributed by atoms with van der Waals surface area (Å²) in [6, 6.07) is 10.7. The van der Waals surface area contributed by atoms with E-state index in [1.807, 2.05) is 23.1 Å². The third-order valence-electron chi connectivity index (χ3n) is 4.69. The number of likely N-dealkylation sites (tertiary alicyclic amines) is 1. The fourth-order valence-corrected chi connectivity index (χ4v) is 3.35. The Morgan fingerprint density at radius 2 is 2.04 bits per heavy atom. The summed E-state index contributed by atoms with van der Waals surface area (Å²) in [4.78, 5) is 17.1. The van der Waals surface area contributed by atoms with Gasteiger partial charge >= 0.3 is 0 Å². The Balaban J connectivity index is 1.99. The molecule has 1 saturated heterocycles. The fraction of sp³-hybridized carbons (Fsp3) is 0.632. The first kappa shape index (κ1) is 18.0. The number of benzene rings is 1. The largest absolute Gasteiger partial charge is 0.396 e. The van der Waals surface area contributed by atoms with E-state index in [1.165, 1.54) is 12.0 Å². The number of rotatable bonds is 7. The molecule has 1 aromatic rings. The predicted octanol–water partition coefficient (Wildman–Crippen LogP) is 2.66. The molecule has 23 heavy (non-hydrogen) atoms. The summed E-state index contributed by atoms with van der Waals surface area (Å²) >= 11 is 0. The van der Waals surface area contributed by atoms with Gasteiger partial charge in [-0.3, -0.25) is 9.69 Å². The highest BCUT2D eigenvalue weighted by Crippen LogP contribution is 2.20. The van der Waals surface area contributed by atoms with Gasteiger partial charge < -0.3 is 10.0 Å². The number of hydrogen-bond donors (Lipinski definition) is 1. The molecule has 1 amide bonds. The van der Waals surface area contributed by atoms with E-state index in [2.05, 4.69) is 30.9 Å². The molecule has 0 saturated carbocycles. The van der Waals surface area contributed by atoms with Crippen molar-refractivity contribution in [1.29, 1.82) is 0 Å². The second kappa shape index (κ2) is 9.04. The molecule has 0 bridgehead atoms. The molecule has 128 valence electrons. The van der Waals surface area contributed by atoms with E-state index in [4.69, 9.17) is 0 Å². The van der Waals surface area contributed by atoms with Crippen LogP contribution in [0.15, 0.2) is 30.3 Å². The Morgan fingerprint density at radius 3 is 2.70 bits per heavy atom. The number of aliphatic hydroxyl groups is 1. The minimum Gasteiger partial charge on any atom is -0.396 e.